The molecule has 158 valence electrons. The summed E-state index contributed by atoms with van der Waals surface area (Å²) >= 11 is 0. The Morgan fingerprint density at radius 2 is 1.38 bits per heavy atom. The summed E-state index contributed by atoms with van der Waals surface area (Å²) in [6.45, 7) is 2.69. The number of anilines is 1. The normalized spacial score (nSPS) is 12.3. The lowest BCUT2D eigenvalue weighted by atomic mass is 9.87. The third-order valence-electron chi connectivity index (χ3n) is 4.19. The van der Waals surface area contributed by atoms with Crippen molar-refractivity contribution >= 4 is 35.4 Å². The molecule has 2 atom stereocenters. The molecule has 0 aromatic heterocycles. The fraction of sp³-hybridized carbons (Fsp3) is 0.421. The number of nitrogens with one attached hydrogen (secondary N) is 2. The van der Waals surface area contributed by atoms with Crippen LogP contribution in [0.5, 0.6) is 0 Å². The Morgan fingerprint density at radius 1 is 0.862 bits per heavy atom. The Bertz CT molecular complexity index is 776. The Hall–Kier alpha value is -3.43. The van der Waals surface area contributed by atoms with Gasteiger partial charge >= 0.3 is 17.9 Å². The molecule has 0 bridgehead atoms. The van der Waals surface area contributed by atoms with Gasteiger partial charge in [0.1, 0.15) is 6.04 Å². The first-order chi connectivity index (χ1) is 13.7. The molecule has 1 rings (SSSR count). The summed E-state index contributed by atoms with van der Waals surface area (Å²) in [5, 5.41) is 4.97. The number of hydrogen-bond acceptors (Lipinski definition) is 8. The van der Waals surface area contributed by atoms with E-state index in [1.807, 2.05) is 0 Å². The van der Waals surface area contributed by atoms with Gasteiger partial charge in [-0.3, -0.25) is 19.2 Å². The molecule has 0 aliphatic rings. The molecule has 0 aliphatic carbocycles. The highest BCUT2D eigenvalue weighted by Crippen LogP contribution is 2.22. The van der Waals surface area contributed by atoms with Crippen LogP contribution in [0.4, 0.5) is 5.69 Å². The van der Waals surface area contributed by atoms with E-state index in [2.05, 4.69) is 20.1 Å². The lowest BCUT2D eigenvalue weighted by molar-refractivity contribution is -0.163. The minimum Gasteiger partial charge on any atom is -0.468 e. The van der Waals surface area contributed by atoms with Crippen molar-refractivity contribution in [2.45, 2.75) is 19.9 Å². The first kappa shape index (κ1) is 23.6. The second-order valence-corrected chi connectivity index (χ2v) is 6.08. The molecule has 2 N–H and O–H groups in total. The summed E-state index contributed by atoms with van der Waals surface area (Å²) in [5.41, 5.74) is 0.308. The lowest BCUT2D eigenvalue weighted by Crippen LogP contribution is -2.51. The Labute approximate surface area is 167 Å². The largest absolute Gasteiger partial charge is 0.468 e. The molecule has 0 radical (unpaired) electrons. The van der Waals surface area contributed by atoms with E-state index < -0.39 is 41.7 Å². The number of methoxy groups -OCH3 is 3. The third kappa shape index (κ3) is 6.03. The number of amides is 2. The van der Waals surface area contributed by atoms with E-state index >= 15 is 0 Å². The number of ether oxygens (including phenoxy) is 3. The van der Waals surface area contributed by atoms with Gasteiger partial charge in [-0.05, 0) is 12.1 Å². The van der Waals surface area contributed by atoms with Crippen LogP contribution in [0.25, 0.3) is 0 Å². The molecule has 10 nitrogen and oxygen atoms in total. The van der Waals surface area contributed by atoms with E-state index in [0.29, 0.717) is 0 Å². The molecule has 2 amide bonds. The molecule has 1 aromatic carbocycles. The number of rotatable bonds is 8. The summed E-state index contributed by atoms with van der Waals surface area (Å²) in [7, 11) is 3.27. The van der Waals surface area contributed by atoms with E-state index in [-0.39, 0.29) is 17.2 Å². The van der Waals surface area contributed by atoms with Crippen LogP contribution in [-0.4, -0.2) is 57.1 Å². The van der Waals surface area contributed by atoms with Gasteiger partial charge in [0.15, 0.2) is 5.92 Å². The summed E-state index contributed by atoms with van der Waals surface area (Å²) in [6, 6.07) is 4.77. The molecular formula is C19H24N2O8. The summed E-state index contributed by atoms with van der Waals surface area (Å²) in [6.07, 6.45) is 0. The minimum absolute atomic E-state index is 0.0801. The van der Waals surface area contributed by atoms with Gasteiger partial charge in [0, 0.05) is 12.8 Å². The van der Waals surface area contributed by atoms with Crippen LogP contribution in [0.3, 0.4) is 0 Å². The quantitative estimate of drug-likeness (QED) is 0.361. The highest BCUT2D eigenvalue weighted by atomic mass is 16.5. The molecule has 0 fully saturated rings. The summed E-state index contributed by atoms with van der Waals surface area (Å²) < 4.78 is 14.0. The molecule has 29 heavy (non-hydrogen) atoms. The highest BCUT2D eigenvalue weighted by molar-refractivity contribution is 6.05. The van der Waals surface area contributed by atoms with Crippen molar-refractivity contribution in [3.8, 4) is 0 Å². The molecule has 0 saturated carbocycles. The molecule has 10 heteroatoms. The van der Waals surface area contributed by atoms with Crippen molar-refractivity contribution in [3.05, 3.63) is 29.8 Å². The van der Waals surface area contributed by atoms with Crippen LogP contribution < -0.4 is 10.6 Å². The number of para-hydroxylation sites is 1. The fourth-order valence-corrected chi connectivity index (χ4v) is 2.70. The maximum atomic E-state index is 12.8. The molecule has 0 unspecified atom stereocenters. The molecule has 1 aromatic rings. The fourth-order valence-electron chi connectivity index (χ4n) is 2.70. The van der Waals surface area contributed by atoms with Crippen molar-refractivity contribution in [1.29, 1.82) is 0 Å². The van der Waals surface area contributed by atoms with Crippen LogP contribution in [0.2, 0.25) is 0 Å². The second kappa shape index (κ2) is 10.8. The van der Waals surface area contributed by atoms with Crippen molar-refractivity contribution in [2.75, 3.05) is 26.6 Å². The number of esters is 3. The van der Waals surface area contributed by atoms with Gasteiger partial charge in [0.2, 0.25) is 5.91 Å². The minimum atomic E-state index is -1.47. The molecular weight excluding hydrogens is 384 g/mol. The zero-order chi connectivity index (χ0) is 22.1. The number of carbonyl (C=O) groups is 5. The van der Waals surface area contributed by atoms with Crippen molar-refractivity contribution in [3.63, 3.8) is 0 Å². The first-order valence-electron chi connectivity index (χ1n) is 8.58. The van der Waals surface area contributed by atoms with Gasteiger partial charge in [-0.2, -0.15) is 0 Å². The molecule has 0 saturated heterocycles. The average Bonchev–Trinajstić information content (AvgIpc) is 2.70. The number of carbonyl (C=O) groups excluding carboxylic acids is 5. The van der Waals surface area contributed by atoms with Gasteiger partial charge in [0.25, 0.3) is 5.91 Å². The highest BCUT2D eigenvalue weighted by Gasteiger charge is 2.42. The predicted octanol–water partition coefficient (Wildman–Crippen LogP) is 0.515. The van der Waals surface area contributed by atoms with Crippen LogP contribution in [-0.2, 0) is 33.4 Å². The monoisotopic (exact) mass is 408 g/mol. The zero-order valence-electron chi connectivity index (χ0n) is 16.8. The zero-order valence-corrected chi connectivity index (χ0v) is 16.8. The second-order valence-electron chi connectivity index (χ2n) is 6.08. The van der Waals surface area contributed by atoms with Gasteiger partial charge < -0.3 is 24.8 Å². The van der Waals surface area contributed by atoms with E-state index in [0.717, 1.165) is 21.3 Å². The van der Waals surface area contributed by atoms with Crippen LogP contribution in [0.15, 0.2) is 24.3 Å². The lowest BCUT2D eigenvalue weighted by Gasteiger charge is -2.27. The maximum absolute atomic E-state index is 12.8. The Morgan fingerprint density at radius 3 is 1.86 bits per heavy atom. The average molecular weight is 408 g/mol. The molecule has 0 heterocycles. The van der Waals surface area contributed by atoms with E-state index in [4.69, 9.17) is 4.74 Å². The van der Waals surface area contributed by atoms with E-state index in [1.165, 1.54) is 26.0 Å². The smallest absolute Gasteiger partial charge is 0.328 e. The van der Waals surface area contributed by atoms with Crippen molar-refractivity contribution < 1.29 is 38.2 Å². The first-order valence-corrected chi connectivity index (χ1v) is 8.58. The van der Waals surface area contributed by atoms with E-state index in [9.17, 15) is 24.0 Å². The maximum Gasteiger partial charge on any atom is 0.328 e. The number of benzene rings is 1. The third-order valence-corrected chi connectivity index (χ3v) is 4.19. The molecule has 0 aliphatic heterocycles. The van der Waals surface area contributed by atoms with E-state index in [1.54, 1.807) is 12.1 Å². The van der Waals surface area contributed by atoms with Gasteiger partial charge in [-0.1, -0.05) is 19.1 Å². The van der Waals surface area contributed by atoms with Gasteiger partial charge in [-0.25, -0.2) is 4.79 Å². The van der Waals surface area contributed by atoms with Crippen molar-refractivity contribution in [1.82, 2.24) is 5.32 Å². The van der Waals surface area contributed by atoms with Gasteiger partial charge in [0.05, 0.1) is 32.6 Å². The van der Waals surface area contributed by atoms with Crippen molar-refractivity contribution in [2.24, 2.45) is 11.8 Å². The summed E-state index contributed by atoms with van der Waals surface area (Å²) in [4.78, 5) is 60.6. The van der Waals surface area contributed by atoms with Crippen LogP contribution in [0.1, 0.15) is 24.2 Å². The van der Waals surface area contributed by atoms with Crippen LogP contribution >= 0.6 is 0 Å². The SMILES string of the molecule is COC(=O)C(C(=O)OC)[C@H](C)[C@H](NC(=O)c1ccccc1NC(C)=O)C(=O)OC. The Kier molecular flexibility index (Phi) is 8.78. The topological polar surface area (TPSA) is 137 Å². The number of hydrogen-bond donors (Lipinski definition) is 2. The van der Waals surface area contributed by atoms with Crippen LogP contribution in [0, 0.1) is 11.8 Å². The molecule has 0 spiro atoms. The predicted molar refractivity (Wildman–Crippen MR) is 101 cm³/mol. The van der Waals surface area contributed by atoms with Gasteiger partial charge in [-0.15, -0.1) is 0 Å². The standard InChI is InChI=1S/C19H24N2O8/c1-10(14(17(24)27-3)18(25)28-4)15(19(26)29-5)21-16(23)12-8-6-7-9-13(12)20-11(2)22/h6-10,14-15H,1-5H3,(H,20,22)(H,21,23)/t10-,15-/m0/s1. The summed E-state index contributed by atoms with van der Waals surface area (Å²) in [5.74, 6) is -6.36. The Balaban J connectivity index is 3.25.